The van der Waals surface area contributed by atoms with Crippen LogP contribution in [0.3, 0.4) is 0 Å². The summed E-state index contributed by atoms with van der Waals surface area (Å²) in [6.07, 6.45) is -2.92. The van der Waals surface area contributed by atoms with Crippen LogP contribution in [-0.2, 0) is 0 Å². The first-order valence-electron chi connectivity index (χ1n) is 6.50. The molecule has 0 radical (unpaired) electrons. The lowest BCUT2D eigenvalue weighted by Crippen LogP contribution is -2.46. The van der Waals surface area contributed by atoms with Crippen molar-refractivity contribution in [2.45, 2.75) is 37.5 Å². The Balaban J connectivity index is 2.26. The van der Waals surface area contributed by atoms with E-state index in [-0.39, 0.29) is 12.5 Å². The minimum absolute atomic E-state index is 0.117. The number of nitrogens with one attached hydrogen (secondary N) is 1. The number of ether oxygens (including phenoxy) is 2. The van der Waals surface area contributed by atoms with Gasteiger partial charge in [-0.15, -0.1) is 0 Å². The molecule has 2 rings (SSSR count). The van der Waals surface area contributed by atoms with Crippen LogP contribution in [0.2, 0.25) is 0 Å². The van der Waals surface area contributed by atoms with Crippen LogP contribution < -0.4 is 14.8 Å². The van der Waals surface area contributed by atoms with E-state index in [1.807, 2.05) is 0 Å². The van der Waals surface area contributed by atoms with Crippen molar-refractivity contribution in [3.63, 3.8) is 0 Å². The average molecular weight is 289 g/mol. The predicted octanol–water partition coefficient (Wildman–Crippen LogP) is 3.45. The fourth-order valence-electron chi connectivity index (χ4n) is 2.55. The van der Waals surface area contributed by atoms with Gasteiger partial charge in [0.2, 0.25) is 0 Å². The summed E-state index contributed by atoms with van der Waals surface area (Å²) in [5, 5.41) is 2.68. The Bertz CT molecular complexity index is 462. The lowest BCUT2D eigenvalue weighted by Gasteiger charge is -2.33. The highest BCUT2D eigenvalue weighted by molar-refractivity contribution is 5.42. The van der Waals surface area contributed by atoms with Gasteiger partial charge in [-0.05, 0) is 37.5 Å². The van der Waals surface area contributed by atoms with E-state index >= 15 is 0 Å². The van der Waals surface area contributed by atoms with Crippen LogP contribution in [0.25, 0.3) is 0 Å². The molecule has 1 aromatic rings. The molecule has 1 saturated heterocycles. The van der Waals surface area contributed by atoms with Crippen LogP contribution in [-0.4, -0.2) is 26.4 Å². The van der Waals surface area contributed by atoms with Crippen LogP contribution in [0, 0.1) is 0 Å². The third-order valence-corrected chi connectivity index (χ3v) is 3.60. The Morgan fingerprint density at radius 1 is 1.15 bits per heavy atom. The molecule has 2 unspecified atom stereocenters. The van der Waals surface area contributed by atoms with Crippen LogP contribution >= 0.6 is 0 Å². The number of hydrogen-bond acceptors (Lipinski definition) is 3. The molecule has 3 nitrogen and oxygen atoms in total. The number of methoxy groups -OCH3 is 2. The molecule has 6 heteroatoms. The number of hydrogen-bond donors (Lipinski definition) is 1. The van der Waals surface area contributed by atoms with E-state index in [9.17, 15) is 13.2 Å². The number of piperidine rings is 1. The molecule has 1 fully saturated rings. The van der Waals surface area contributed by atoms with Gasteiger partial charge in [-0.2, -0.15) is 13.2 Å². The average Bonchev–Trinajstić information content (AvgIpc) is 2.45. The third-order valence-electron chi connectivity index (χ3n) is 3.60. The second-order valence-electron chi connectivity index (χ2n) is 4.85. The molecule has 1 aliphatic heterocycles. The topological polar surface area (TPSA) is 30.5 Å². The SMILES string of the molecule is COc1ccc(OC)c(C2CCCC(C(F)(F)F)N2)c1. The summed E-state index contributed by atoms with van der Waals surface area (Å²) in [5.41, 5.74) is 0.709. The number of benzene rings is 1. The zero-order chi connectivity index (χ0) is 14.8. The highest BCUT2D eigenvalue weighted by Crippen LogP contribution is 2.37. The molecule has 112 valence electrons. The van der Waals surface area contributed by atoms with Crippen molar-refractivity contribution in [1.82, 2.24) is 5.32 Å². The molecule has 20 heavy (non-hydrogen) atoms. The summed E-state index contributed by atoms with van der Waals surface area (Å²) in [7, 11) is 3.04. The molecule has 0 aliphatic carbocycles. The van der Waals surface area contributed by atoms with E-state index < -0.39 is 12.2 Å². The van der Waals surface area contributed by atoms with E-state index in [0.29, 0.717) is 29.9 Å². The van der Waals surface area contributed by atoms with Gasteiger partial charge in [-0.3, -0.25) is 5.32 Å². The number of halogens is 3. The van der Waals surface area contributed by atoms with Crippen molar-refractivity contribution in [3.05, 3.63) is 23.8 Å². The summed E-state index contributed by atoms with van der Waals surface area (Å²) in [5.74, 6) is 1.18. The molecule has 0 aromatic heterocycles. The predicted molar refractivity (Wildman–Crippen MR) is 69.1 cm³/mol. The summed E-state index contributed by atoms with van der Waals surface area (Å²) in [6.45, 7) is 0. The highest BCUT2D eigenvalue weighted by Gasteiger charge is 2.42. The second kappa shape index (κ2) is 5.91. The minimum atomic E-state index is -4.22. The highest BCUT2D eigenvalue weighted by atomic mass is 19.4. The van der Waals surface area contributed by atoms with Crippen LogP contribution in [0.4, 0.5) is 13.2 Å². The molecule has 1 aromatic carbocycles. The van der Waals surface area contributed by atoms with E-state index in [1.54, 1.807) is 18.2 Å². The maximum atomic E-state index is 12.8. The first-order valence-corrected chi connectivity index (χ1v) is 6.50. The van der Waals surface area contributed by atoms with Crippen molar-refractivity contribution < 1.29 is 22.6 Å². The van der Waals surface area contributed by atoms with Gasteiger partial charge in [0, 0.05) is 11.6 Å². The summed E-state index contributed by atoms with van der Waals surface area (Å²) in [6, 6.07) is 3.34. The maximum Gasteiger partial charge on any atom is 0.403 e. The molecule has 0 amide bonds. The quantitative estimate of drug-likeness (QED) is 0.924. The van der Waals surface area contributed by atoms with Gasteiger partial charge in [-0.1, -0.05) is 0 Å². The van der Waals surface area contributed by atoms with Crippen molar-refractivity contribution in [3.8, 4) is 11.5 Å². The van der Waals surface area contributed by atoms with Gasteiger partial charge in [0.25, 0.3) is 0 Å². The molecule has 0 bridgehead atoms. The zero-order valence-electron chi connectivity index (χ0n) is 11.5. The number of alkyl halides is 3. The zero-order valence-corrected chi connectivity index (χ0v) is 11.5. The second-order valence-corrected chi connectivity index (χ2v) is 4.85. The fourth-order valence-corrected chi connectivity index (χ4v) is 2.55. The standard InChI is InChI=1S/C14H18F3NO2/c1-19-9-6-7-12(20-2)10(8-9)11-4-3-5-13(18-11)14(15,16)17/h6-8,11,13,18H,3-5H2,1-2H3. The molecule has 1 heterocycles. The monoisotopic (exact) mass is 289 g/mol. The van der Waals surface area contributed by atoms with E-state index in [2.05, 4.69) is 5.32 Å². The van der Waals surface area contributed by atoms with E-state index in [0.717, 1.165) is 0 Å². The normalized spacial score (nSPS) is 23.4. The molecule has 2 atom stereocenters. The Morgan fingerprint density at radius 2 is 1.90 bits per heavy atom. The van der Waals surface area contributed by atoms with Gasteiger partial charge in [-0.25, -0.2) is 0 Å². The maximum absolute atomic E-state index is 12.8. The van der Waals surface area contributed by atoms with Crippen LogP contribution in [0.1, 0.15) is 30.9 Å². The van der Waals surface area contributed by atoms with Gasteiger partial charge >= 0.3 is 6.18 Å². The van der Waals surface area contributed by atoms with E-state index in [1.165, 1.54) is 14.2 Å². The number of rotatable bonds is 3. The molecule has 1 N–H and O–H groups in total. The van der Waals surface area contributed by atoms with Gasteiger partial charge < -0.3 is 9.47 Å². The molecular formula is C14H18F3NO2. The Hall–Kier alpha value is -1.43. The Kier molecular flexibility index (Phi) is 4.42. The third kappa shape index (κ3) is 3.17. The summed E-state index contributed by atoms with van der Waals surface area (Å²) in [4.78, 5) is 0. The molecule has 1 aliphatic rings. The lowest BCUT2D eigenvalue weighted by molar-refractivity contribution is -0.163. The van der Waals surface area contributed by atoms with Crippen LogP contribution in [0.15, 0.2) is 18.2 Å². The van der Waals surface area contributed by atoms with Gasteiger partial charge in [0.1, 0.15) is 17.5 Å². The lowest BCUT2D eigenvalue weighted by atomic mass is 9.92. The fraction of sp³-hybridized carbons (Fsp3) is 0.571. The molecule has 0 saturated carbocycles. The van der Waals surface area contributed by atoms with Crippen molar-refractivity contribution >= 4 is 0 Å². The summed E-state index contributed by atoms with van der Waals surface area (Å²) < 4.78 is 48.9. The molecule has 0 spiro atoms. The Labute approximate surface area is 116 Å². The largest absolute Gasteiger partial charge is 0.497 e. The van der Waals surface area contributed by atoms with E-state index in [4.69, 9.17) is 9.47 Å². The van der Waals surface area contributed by atoms with Crippen molar-refractivity contribution in [1.29, 1.82) is 0 Å². The van der Waals surface area contributed by atoms with Gasteiger partial charge in [0.05, 0.1) is 14.2 Å². The molecular weight excluding hydrogens is 271 g/mol. The van der Waals surface area contributed by atoms with Gasteiger partial charge in [0.15, 0.2) is 0 Å². The van der Waals surface area contributed by atoms with Crippen molar-refractivity contribution in [2.24, 2.45) is 0 Å². The smallest absolute Gasteiger partial charge is 0.403 e. The summed E-state index contributed by atoms with van der Waals surface area (Å²) >= 11 is 0. The minimum Gasteiger partial charge on any atom is -0.497 e. The Morgan fingerprint density at radius 3 is 2.50 bits per heavy atom. The van der Waals surface area contributed by atoms with Crippen molar-refractivity contribution in [2.75, 3.05) is 14.2 Å². The first kappa shape index (κ1) is 15.0. The van der Waals surface area contributed by atoms with Crippen LogP contribution in [0.5, 0.6) is 11.5 Å². The first-order chi connectivity index (χ1) is 9.45.